The van der Waals surface area contributed by atoms with Crippen LogP contribution in [0, 0.1) is 0 Å². The van der Waals surface area contributed by atoms with Crippen molar-refractivity contribution in [2.24, 2.45) is 0 Å². The van der Waals surface area contributed by atoms with Gasteiger partial charge in [-0.05, 0) is 30.9 Å². The smallest absolute Gasteiger partial charge is 0.264 e. The lowest BCUT2D eigenvalue weighted by Gasteiger charge is -2.29. The molecule has 30 heavy (non-hydrogen) atoms. The highest BCUT2D eigenvalue weighted by molar-refractivity contribution is 7.91. The first kappa shape index (κ1) is 20.0. The Morgan fingerprint density at radius 1 is 1.07 bits per heavy atom. The molecule has 0 radical (unpaired) electrons. The molecule has 160 valence electrons. The number of thiophene rings is 1. The summed E-state index contributed by atoms with van der Waals surface area (Å²) in [6.07, 6.45) is 2.49. The molecule has 3 fully saturated rings. The number of rotatable bonds is 5. The van der Waals surface area contributed by atoms with Gasteiger partial charge < -0.3 is 14.5 Å². The van der Waals surface area contributed by atoms with Crippen LogP contribution in [0.3, 0.4) is 0 Å². The van der Waals surface area contributed by atoms with Crippen LogP contribution < -0.4 is 4.90 Å². The van der Waals surface area contributed by atoms with Gasteiger partial charge in [-0.15, -0.1) is 11.3 Å². The molecule has 1 amide bonds. The maximum atomic E-state index is 13.6. The number of anilines is 1. The van der Waals surface area contributed by atoms with Crippen LogP contribution in [0.4, 0.5) is 5.00 Å². The summed E-state index contributed by atoms with van der Waals surface area (Å²) in [5.74, 6) is 0.274. The molecule has 6 nitrogen and oxygen atoms in total. The Morgan fingerprint density at radius 3 is 2.43 bits per heavy atom. The van der Waals surface area contributed by atoms with E-state index in [9.17, 15) is 13.2 Å². The molecule has 1 unspecified atom stereocenters. The lowest BCUT2D eigenvalue weighted by Crippen LogP contribution is -2.42. The predicted octanol–water partition coefficient (Wildman–Crippen LogP) is 3.04. The number of amides is 1. The zero-order valence-corrected chi connectivity index (χ0v) is 18.5. The summed E-state index contributed by atoms with van der Waals surface area (Å²) < 4.78 is 29.6. The Labute approximate surface area is 181 Å². The molecule has 1 aliphatic carbocycles. The average molecular weight is 447 g/mol. The first-order chi connectivity index (χ1) is 14.5. The van der Waals surface area contributed by atoms with Crippen LogP contribution >= 0.6 is 11.3 Å². The second-order valence-electron chi connectivity index (χ2n) is 8.30. The summed E-state index contributed by atoms with van der Waals surface area (Å²) in [5, 5.41) is 1.10. The molecule has 0 N–H and O–H groups in total. The van der Waals surface area contributed by atoms with Gasteiger partial charge in [0.25, 0.3) is 5.91 Å². The maximum absolute atomic E-state index is 13.6. The second kappa shape index (κ2) is 7.98. The number of sulfone groups is 1. The van der Waals surface area contributed by atoms with Crippen molar-refractivity contribution in [3.05, 3.63) is 41.3 Å². The van der Waals surface area contributed by atoms with Crippen LogP contribution in [-0.2, 0) is 14.6 Å². The Morgan fingerprint density at radius 2 is 1.80 bits per heavy atom. The molecule has 1 atom stereocenters. The molecular formula is C22H26N2O4S2. The fourth-order valence-corrected chi connectivity index (χ4v) is 7.30. The lowest BCUT2D eigenvalue weighted by molar-refractivity contribution is 0.0686. The Kier molecular flexibility index (Phi) is 5.33. The quantitative estimate of drug-likeness (QED) is 0.706. The van der Waals surface area contributed by atoms with E-state index in [0.29, 0.717) is 24.5 Å². The number of carbonyl (C=O) groups excluding carboxylic acids is 1. The Hall–Kier alpha value is -1.90. The number of morpholine rings is 1. The zero-order valence-electron chi connectivity index (χ0n) is 16.8. The molecule has 5 rings (SSSR count). The summed E-state index contributed by atoms with van der Waals surface area (Å²) in [6.45, 7) is 2.98. The monoisotopic (exact) mass is 446 g/mol. The molecule has 3 aliphatic rings. The van der Waals surface area contributed by atoms with E-state index in [1.165, 1.54) is 11.3 Å². The van der Waals surface area contributed by atoms with E-state index in [4.69, 9.17) is 4.74 Å². The van der Waals surface area contributed by atoms with Gasteiger partial charge in [0, 0.05) is 30.7 Å². The minimum atomic E-state index is -3.04. The van der Waals surface area contributed by atoms with Crippen molar-refractivity contribution < 1.29 is 17.9 Å². The van der Waals surface area contributed by atoms with Crippen molar-refractivity contribution in [3.8, 4) is 11.1 Å². The van der Waals surface area contributed by atoms with Gasteiger partial charge in [-0.25, -0.2) is 8.42 Å². The Bertz CT molecular complexity index is 1020. The van der Waals surface area contributed by atoms with E-state index < -0.39 is 9.84 Å². The molecule has 2 saturated heterocycles. The number of hydrogen-bond acceptors (Lipinski definition) is 6. The largest absolute Gasteiger partial charge is 0.378 e. The number of nitrogens with zero attached hydrogens (tertiary/aromatic N) is 2. The topological polar surface area (TPSA) is 66.9 Å². The van der Waals surface area contributed by atoms with Crippen molar-refractivity contribution in [1.29, 1.82) is 0 Å². The first-order valence-electron chi connectivity index (χ1n) is 10.6. The number of benzene rings is 1. The SMILES string of the molecule is O=C(c1cc(-c2ccccc2)c(N2CCOCC2)s1)N(C1CC1)C1CCS(=O)(=O)C1. The van der Waals surface area contributed by atoms with Gasteiger partial charge in [-0.1, -0.05) is 30.3 Å². The van der Waals surface area contributed by atoms with E-state index >= 15 is 0 Å². The molecule has 1 aromatic carbocycles. The van der Waals surface area contributed by atoms with Crippen LogP contribution in [0.1, 0.15) is 28.9 Å². The second-order valence-corrected chi connectivity index (χ2v) is 11.6. The molecule has 0 spiro atoms. The highest BCUT2D eigenvalue weighted by Crippen LogP contribution is 2.41. The molecular weight excluding hydrogens is 420 g/mol. The van der Waals surface area contributed by atoms with Gasteiger partial charge in [-0.2, -0.15) is 0 Å². The van der Waals surface area contributed by atoms with Crippen molar-refractivity contribution in [2.45, 2.75) is 31.3 Å². The highest BCUT2D eigenvalue weighted by atomic mass is 32.2. The lowest BCUT2D eigenvalue weighted by atomic mass is 10.1. The van der Waals surface area contributed by atoms with Crippen molar-refractivity contribution >= 4 is 32.1 Å². The minimum absolute atomic E-state index is 0.0127. The van der Waals surface area contributed by atoms with E-state index in [1.54, 1.807) is 0 Å². The molecule has 8 heteroatoms. The van der Waals surface area contributed by atoms with Crippen LogP contribution in [-0.4, -0.2) is 69.1 Å². The third kappa shape index (κ3) is 4.00. The van der Waals surface area contributed by atoms with Gasteiger partial charge in [0.1, 0.15) is 0 Å². The zero-order chi connectivity index (χ0) is 20.7. The minimum Gasteiger partial charge on any atom is -0.378 e. The van der Waals surface area contributed by atoms with Crippen LogP contribution in [0.2, 0.25) is 0 Å². The normalized spacial score (nSPS) is 23.5. The fraction of sp³-hybridized carbons (Fsp3) is 0.500. The third-order valence-corrected chi connectivity index (χ3v) is 9.02. The van der Waals surface area contributed by atoms with Crippen molar-refractivity contribution in [2.75, 3.05) is 42.7 Å². The summed E-state index contributed by atoms with van der Waals surface area (Å²) in [6, 6.07) is 12.2. The third-order valence-electron chi connectivity index (χ3n) is 6.08. The average Bonchev–Trinajstić information content (AvgIpc) is 3.38. The number of ether oxygens (including phenoxy) is 1. The van der Waals surface area contributed by atoms with Crippen LogP contribution in [0.5, 0.6) is 0 Å². The van der Waals surface area contributed by atoms with E-state index in [1.807, 2.05) is 29.2 Å². The summed E-state index contributed by atoms with van der Waals surface area (Å²) in [5.41, 5.74) is 2.16. The van der Waals surface area contributed by atoms with E-state index in [-0.39, 0.29) is 29.5 Å². The maximum Gasteiger partial charge on any atom is 0.264 e. The molecule has 2 aromatic rings. The molecule has 1 saturated carbocycles. The van der Waals surface area contributed by atoms with Gasteiger partial charge in [0.2, 0.25) is 0 Å². The molecule has 2 aliphatic heterocycles. The van der Waals surface area contributed by atoms with Crippen LogP contribution in [0.15, 0.2) is 36.4 Å². The Balaban J connectivity index is 1.50. The van der Waals surface area contributed by atoms with Crippen molar-refractivity contribution in [3.63, 3.8) is 0 Å². The standard InChI is InChI=1S/C22H26N2O4S2/c25-21(24(17-6-7-17)18-8-13-30(26,27)15-18)20-14-19(16-4-2-1-3-5-16)22(29-20)23-9-11-28-12-10-23/h1-5,14,17-18H,6-13,15H2. The highest BCUT2D eigenvalue weighted by Gasteiger charge is 2.43. The summed E-state index contributed by atoms with van der Waals surface area (Å²) >= 11 is 1.53. The van der Waals surface area contributed by atoms with E-state index in [2.05, 4.69) is 17.0 Å². The van der Waals surface area contributed by atoms with Gasteiger partial charge in [0.15, 0.2) is 9.84 Å². The van der Waals surface area contributed by atoms with Crippen LogP contribution in [0.25, 0.3) is 11.1 Å². The van der Waals surface area contributed by atoms with Crippen molar-refractivity contribution in [1.82, 2.24) is 4.90 Å². The van der Waals surface area contributed by atoms with Gasteiger partial charge in [0.05, 0.1) is 34.6 Å². The summed E-state index contributed by atoms with van der Waals surface area (Å²) in [7, 11) is -3.04. The predicted molar refractivity (Wildman–Crippen MR) is 119 cm³/mol. The first-order valence-corrected chi connectivity index (χ1v) is 13.2. The molecule has 1 aromatic heterocycles. The summed E-state index contributed by atoms with van der Waals surface area (Å²) in [4.78, 5) is 18.5. The van der Waals surface area contributed by atoms with E-state index in [0.717, 1.165) is 42.1 Å². The molecule has 0 bridgehead atoms. The van der Waals surface area contributed by atoms with Gasteiger partial charge >= 0.3 is 0 Å². The molecule has 3 heterocycles. The van der Waals surface area contributed by atoms with Gasteiger partial charge in [-0.3, -0.25) is 4.79 Å². The number of hydrogen-bond donors (Lipinski definition) is 0. The number of carbonyl (C=O) groups is 1. The fourth-order valence-electron chi connectivity index (χ4n) is 4.42.